The van der Waals surface area contributed by atoms with Crippen LogP contribution in [0, 0.1) is 5.82 Å². The maximum Gasteiger partial charge on any atom is 0.261 e. The van der Waals surface area contributed by atoms with E-state index in [-0.39, 0.29) is 23.3 Å². The van der Waals surface area contributed by atoms with Crippen LogP contribution in [0.15, 0.2) is 70.9 Å². The van der Waals surface area contributed by atoms with Gasteiger partial charge in [0.1, 0.15) is 5.82 Å². The van der Waals surface area contributed by atoms with Crippen LogP contribution in [0.25, 0.3) is 0 Å². The Morgan fingerprint density at radius 1 is 1.06 bits per heavy atom. The quantitative estimate of drug-likeness (QED) is 0.510. The molecule has 0 radical (unpaired) electrons. The third-order valence-electron chi connectivity index (χ3n) is 4.68. The zero-order valence-corrected chi connectivity index (χ0v) is 18.8. The molecule has 0 fully saturated rings. The second-order valence-corrected chi connectivity index (χ2v) is 9.89. The Morgan fingerprint density at radius 2 is 1.74 bits per heavy atom. The number of rotatable bonds is 9. The number of hydrogen-bond acceptors (Lipinski definition) is 5. The molecule has 0 aliphatic heterocycles. The van der Waals surface area contributed by atoms with Gasteiger partial charge in [0.15, 0.2) is 0 Å². The molecule has 31 heavy (non-hydrogen) atoms. The summed E-state index contributed by atoms with van der Waals surface area (Å²) in [7, 11) is 0.135. The summed E-state index contributed by atoms with van der Waals surface area (Å²) >= 11 is 1.65. The van der Waals surface area contributed by atoms with Gasteiger partial charge in [0.2, 0.25) is 5.91 Å². The lowest BCUT2D eigenvalue weighted by Gasteiger charge is -2.23. The average molecular weight is 462 g/mol. The molecule has 0 saturated heterocycles. The Balaban J connectivity index is 1.56. The molecule has 0 saturated carbocycles. The molecule has 1 atom stereocenters. The fourth-order valence-electron chi connectivity index (χ4n) is 3.00. The number of carbonyl (C=O) groups excluding carboxylic acids is 1. The molecule has 1 unspecified atom stereocenters. The van der Waals surface area contributed by atoms with Crippen LogP contribution < -0.4 is 10.0 Å². The Hall–Kier alpha value is -2.75. The van der Waals surface area contributed by atoms with E-state index in [4.69, 9.17) is 0 Å². The molecule has 2 N–H and O–H groups in total. The lowest BCUT2D eigenvalue weighted by atomic mass is 10.1. The minimum absolute atomic E-state index is 0.0291. The fourth-order valence-corrected chi connectivity index (χ4v) is 4.98. The third-order valence-corrected chi connectivity index (χ3v) is 7.05. The minimum Gasteiger partial charge on any atom is -0.354 e. The predicted octanol–water partition coefficient (Wildman–Crippen LogP) is 3.65. The summed E-state index contributed by atoms with van der Waals surface area (Å²) in [5.41, 5.74) is 1.12. The maximum atomic E-state index is 13.0. The first-order valence-electron chi connectivity index (χ1n) is 9.58. The number of nitrogens with zero attached hydrogens (tertiary/aromatic N) is 1. The summed E-state index contributed by atoms with van der Waals surface area (Å²) in [4.78, 5) is 15.6. The molecular formula is C22H24FN3O3S2. The van der Waals surface area contributed by atoms with E-state index in [1.807, 2.05) is 31.6 Å². The molecular weight excluding hydrogens is 437 g/mol. The Kier molecular flexibility index (Phi) is 7.42. The standard InChI is InChI=1S/C22H24FN3O3S2/c1-26(2)20(21-4-3-13-30-21)15-24-22(27)14-16-5-9-18(10-6-16)25-31(28,29)19-11-7-17(23)8-12-19/h3-13,20,25H,14-15H2,1-2H3,(H,24,27). The van der Waals surface area contributed by atoms with Crippen molar-refractivity contribution in [3.63, 3.8) is 0 Å². The number of halogens is 1. The van der Waals surface area contributed by atoms with Crippen LogP contribution in [0.4, 0.5) is 10.1 Å². The zero-order chi connectivity index (χ0) is 22.4. The lowest BCUT2D eigenvalue weighted by molar-refractivity contribution is -0.120. The highest BCUT2D eigenvalue weighted by Crippen LogP contribution is 2.22. The smallest absolute Gasteiger partial charge is 0.261 e. The molecule has 0 aliphatic carbocycles. The molecule has 164 valence electrons. The second-order valence-electron chi connectivity index (χ2n) is 7.23. The molecule has 3 rings (SSSR count). The summed E-state index contributed by atoms with van der Waals surface area (Å²) in [6.07, 6.45) is 0.190. The number of anilines is 1. The topological polar surface area (TPSA) is 78.5 Å². The molecule has 3 aromatic rings. The zero-order valence-electron chi connectivity index (χ0n) is 17.2. The summed E-state index contributed by atoms with van der Waals surface area (Å²) in [6, 6.07) is 15.3. The van der Waals surface area contributed by atoms with E-state index in [1.54, 1.807) is 35.6 Å². The van der Waals surface area contributed by atoms with Crippen molar-refractivity contribution < 1.29 is 17.6 Å². The van der Waals surface area contributed by atoms with Crippen molar-refractivity contribution in [1.29, 1.82) is 0 Å². The Labute approximate surface area is 185 Å². The van der Waals surface area contributed by atoms with E-state index in [2.05, 4.69) is 14.9 Å². The average Bonchev–Trinajstić information content (AvgIpc) is 3.24. The van der Waals surface area contributed by atoms with E-state index in [0.717, 1.165) is 17.7 Å². The SMILES string of the molecule is CN(C)C(CNC(=O)Cc1ccc(NS(=O)(=O)c2ccc(F)cc2)cc1)c1cccs1. The van der Waals surface area contributed by atoms with Gasteiger partial charge in [0.25, 0.3) is 10.0 Å². The van der Waals surface area contributed by atoms with Crippen molar-refractivity contribution in [3.05, 3.63) is 82.3 Å². The maximum absolute atomic E-state index is 13.0. The van der Waals surface area contributed by atoms with Gasteiger partial charge in [0, 0.05) is 17.1 Å². The molecule has 6 nitrogen and oxygen atoms in total. The highest BCUT2D eigenvalue weighted by Gasteiger charge is 2.17. The van der Waals surface area contributed by atoms with Crippen LogP contribution >= 0.6 is 11.3 Å². The molecule has 9 heteroatoms. The summed E-state index contributed by atoms with van der Waals surface area (Å²) in [5, 5.41) is 4.98. The number of sulfonamides is 1. The first-order valence-corrected chi connectivity index (χ1v) is 11.9. The van der Waals surface area contributed by atoms with E-state index < -0.39 is 15.8 Å². The van der Waals surface area contributed by atoms with Gasteiger partial charge in [-0.2, -0.15) is 0 Å². The van der Waals surface area contributed by atoms with Crippen molar-refractivity contribution in [2.45, 2.75) is 17.4 Å². The second kappa shape index (κ2) is 10.0. The number of carbonyl (C=O) groups is 1. The summed E-state index contributed by atoms with van der Waals surface area (Å²) < 4.78 is 40.2. The van der Waals surface area contributed by atoms with Crippen molar-refractivity contribution in [1.82, 2.24) is 10.2 Å². The number of amides is 1. The Morgan fingerprint density at radius 3 is 2.32 bits per heavy atom. The molecule has 0 bridgehead atoms. The number of hydrogen-bond donors (Lipinski definition) is 2. The van der Waals surface area contributed by atoms with Crippen molar-refractivity contribution in [3.8, 4) is 0 Å². The van der Waals surface area contributed by atoms with Crippen LogP contribution in [-0.4, -0.2) is 39.9 Å². The number of likely N-dealkylation sites (N-methyl/N-ethyl adjacent to an activating group) is 1. The normalized spacial score (nSPS) is 12.5. The van der Waals surface area contributed by atoms with Gasteiger partial charge >= 0.3 is 0 Å². The van der Waals surface area contributed by atoms with E-state index in [9.17, 15) is 17.6 Å². The van der Waals surface area contributed by atoms with Crippen LogP contribution in [0.2, 0.25) is 0 Å². The van der Waals surface area contributed by atoms with Crippen LogP contribution in [-0.2, 0) is 21.2 Å². The molecule has 1 amide bonds. The molecule has 2 aromatic carbocycles. The van der Waals surface area contributed by atoms with Crippen molar-refractivity contribution in [2.24, 2.45) is 0 Å². The monoisotopic (exact) mass is 461 g/mol. The third kappa shape index (κ3) is 6.36. The fraction of sp³-hybridized carbons (Fsp3) is 0.227. The molecule has 0 aliphatic rings. The van der Waals surface area contributed by atoms with E-state index >= 15 is 0 Å². The molecule has 0 spiro atoms. The predicted molar refractivity (Wildman–Crippen MR) is 121 cm³/mol. The Bertz CT molecular complexity index is 1100. The van der Waals surface area contributed by atoms with Crippen LogP contribution in [0.3, 0.4) is 0 Å². The number of thiophene rings is 1. The lowest BCUT2D eigenvalue weighted by Crippen LogP contribution is -2.34. The van der Waals surface area contributed by atoms with Gasteiger partial charge in [0.05, 0.1) is 17.4 Å². The number of benzene rings is 2. The van der Waals surface area contributed by atoms with Gasteiger partial charge in [-0.15, -0.1) is 11.3 Å². The van der Waals surface area contributed by atoms with Crippen LogP contribution in [0.1, 0.15) is 16.5 Å². The van der Waals surface area contributed by atoms with Gasteiger partial charge in [-0.05, 0) is 67.5 Å². The summed E-state index contributed by atoms with van der Waals surface area (Å²) in [5.74, 6) is -0.614. The van der Waals surface area contributed by atoms with Crippen molar-refractivity contribution in [2.75, 3.05) is 25.4 Å². The van der Waals surface area contributed by atoms with E-state index in [1.165, 1.54) is 17.0 Å². The van der Waals surface area contributed by atoms with Gasteiger partial charge in [-0.25, -0.2) is 12.8 Å². The van der Waals surface area contributed by atoms with E-state index in [0.29, 0.717) is 12.2 Å². The largest absolute Gasteiger partial charge is 0.354 e. The summed E-state index contributed by atoms with van der Waals surface area (Å²) in [6.45, 7) is 0.502. The van der Waals surface area contributed by atoms with Gasteiger partial charge in [-0.1, -0.05) is 18.2 Å². The highest BCUT2D eigenvalue weighted by molar-refractivity contribution is 7.92. The first-order chi connectivity index (χ1) is 14.7. The number of nitrogens with one attached hydrogen (secondary N) is 2. The van der Waals surface area contributed by atoms with Gasteiger partial charge in [-0.3, -0.25) is 9.52 Å². The van der Waals surface area contributed by atoms with Crippen LogP contribution in [0.5, 0.6) is 0 Å². The molecule has 1 heterocycles. The van der Waals surface area contributed by atoms with Gasteiger partial charge < -0.3 is 10.2 Å². The molecule has 1 aromatic heterocycles. The minimum atomic E-state index is -3.81. The first kappa shape index (κ1) is 22.9. The highest BCUT2D eigenvalue weighted by atomic mass is 32.2. The van der Waals surface area contributed by atoms with Crippen molar-refractivity contribution >= 4 is 33.0 Å².